The number of amides is 1. The third kappa shape index (κ3) is 4.90. The van der Waals surface area contributed by atoms with E-state index in [-0.39, 0.29) is 10.5 Å². The van der Waals surface area contributed by atoms with Crippen LogP contribution in [-0.2, 0) is 32.4 Å². The summed E-state index contributed by atoms with van der Waals surface area (Å²) >= 11 is 0. The number of hydrogen-bond acceptors (Lipinski definition) is 5. The minimum Gasteiger partial charge on any atom is -0.452 e. The van der Waals surface area contributed by atoms with Gasteiger partial charge in [-0.1, -0.05) is 43.3 Å². The van der Waals surface area contributed by atoms with Crippen LogP contribution in [0.3, 0.4) is 0 Å². The molecule has 170 valence electrons. The van der Waals surface area contributed by atoms with Crippen LogP contribution in [0.2, 0.25) is 0 Å². The van der Waals surface area contributed by atoms with Crippen molar-refractivity contribution in [3.8, 4) is 0 Å². The van der Waals surface area contributed by atoms with Crippen molar-refractivity contribution in [2.45, 2.75) is 24.7 Å². The molecule has 0 atom stereocenters. The van der Waals surface area contributed by atoms with Gasteiger partial charge >= 0.3 is 5.97 Å². The molecular formula is C25H24N2O5S. The lowest BCUT2D eigenvalue weighted by atomic mass is 10.1. The summed E-state index contributed by atoms with van der Waals surface area (Å²) in [4.78, 5) is 24.6. The third-order valence-electron chi connectivity index (χ3n) is 5.48. The summed E-state index contributed by atoms with van der Waals surface area (Å²) in [5.41, 5.74) is 3.42. The minimum atomic E-state index is -3.84. The van der Waals surface area contributed by atoms with E-state index >= 15 is 0 Å². The van der Waals surface area contributed by atoms with Crippen molar-refractivity contribution in [3.05, 3.63) is 89.5 Å². The monoisotopic (exact) mass is 464 g/mol. The Balaban J connectivity index is 1.42. The molecule has 0 saturated heterocycles. The molecule has 0 fully saturated rings. The van der Waals surface area contributed by atoms with Crippen LogP contribution in [0.5, 0.6) is 0 Å². The number of benzene rings is 3. The van der Waals surface area contributed by atoms with Crippen molar-refractivity contribution >= 4 is 33.3 Å². The molecular weight excluding hydrogens is 440 g/mol. The highest BCUT2D eigenvalue weighted by Gasteiger charge is 2.31. The Morgan fingerprint density at radius 2 is 1.76 bits per heavy atom. The van der Waals surface area contributed by atoms with Crippen LogP contribution < -0.4 is 9.62 Å². The molecule has 0 aromatic heterocycles. The number of nitrogens with zero attached hydrogens (tertiary/aromatic N) is 1. The highest BCUT2D eigenvalue weighted by molar-refractivity contribution is 7.92. The van der Waals surface area contributed by atoms with Gasteiger partial charge in [0.05, 0.1) is 16.1 Å². The number of fused-ring (bicyclic) bond motifs is 1. The predicted octanol–water partition coefficient (Wildman–Crippen LogP) is 3.80. The van der Waals surface area contributed by atoms with Crippen molar-refractivity contribution in [3.63, 3.8) is 0 Å². The van der Waals surface area contributed by atoms with Crippen molar-refractivity contribution in [1.29, 1.82) is 0 Å². The lowest BCUT2D eigenvalue weighted by Crippen LogP contribution is -2.29. The Bertz CT molecular complexity index is 1290. The largest absolute Gasteiger partial charge is 0.452 e. The second kappa shape index (κ2) is 9.46. The quantitative estimate of drug-likeness (QED) is 0.537. The average molecular weight is 465 g/mol. The zero-order chi connectivity index (χ0) is 23.4. The zero-order valence-electron chi connectivity index (χ0n) is 18.2. The molecule has 0 radical (unpaired) electrons. The fraction of sp³-hybridized carbons (Fsp3) is 0.200. The molecule has 0 aliphatic carbocycles. The summed E-state index contributed by atoms with van der Waals surface area (Å²) in [6, 6.07) is 20.4. The van der Waals surface area contributed by atoms with Crippen LogP contribution in [0.25, 0.3) is 0 Å². The van der Waals surface area contributed by atoms with Crippen LogP contribution in [-0.4, -0.2) is 33.4 Å². The van der Waals surface area contributed by atoms with Gasteiger partial charge in [-0.25, -0.2) is 13.2 Å². The number of carbonyl (C=O) groups is 2. The van der Waals surface area contributed by atoms with Gasteiger partial charge in [-0.05, 0) is 60.4 Å². The molecule has 0 bridgehead atoms. The van der Waals surface area contributed by atoms with Crippen LogP contribution in [0.1, 0.15) is 28.4 Å². The number of aryl methyl sites for hydroxylation is 1. The topological polar surface area (TPSA) is 92.8 Å². The Morgan fingerprint density at radius 1 is 1.00 bits per heavy atom. The number of anilines is 2. The number of para-hydroxylation sites is 1. The number of sulfonamides is 1. The van der Waals surface area contributed by atoms with E-state index in [0.29, 0.717) is 24.3 Å². The maximum absolute atomic E-state index is 13.2. The first-order valence-electron chi connectivity index (χ1n) is 10.6. The van der Waals surface area contributed by atoms with Gasteiger partial charge < -0.3 is 10.1 Å². The van der Waals surface area contributed by atoms with Crippen LogP contribution in [0, 0.1) is 0 Å². The summed E-state index contributed by atoms with van der Waals surface area (Å²) < 4.78 is 32.8. The summed E-state index contributed by atoms with van der Waals surface area (Å²) in [6.45, 7) is 1.90. The average Bonchev–Trinajstić information content (AvgIpc) is 3.28. The van der Waals surface area contributed by atoms with Gasteiger partial charge in [-0.3, -0.25) is 9.10 Å². The van der Waals surface area contributed by atoms with Crippen molar-refractivity contribution < 1.29 is 22.7 Å². The van der Waals surface area contributed by atoms with Crippen LogP contribution in [0.4, 0.5) is 11.4 Å². The maximum Gasteiger partial charge on any atom is 0.338 e. The zero-order valence-corrected chi connectivity index (χ0v) is 19.0. The van der Waals surface area contributed by atoms with Gasteiger partial charge in [0.2, 0.25) is 0 Å². The number of esters is 1. The Hall–Kier alpha value is -3.65. The Labute approximate surface area is 193 Å². The molecule has 1 aliphatic rings. The fourth-order valence-corrected chi connectivity index (χ4v) is 5.25. The lowest BCUT2D eigenvalue weighted by molar-refractivity contribution is -0.119. The van der Waals surface area contributed by atoms with E-state index in [1.54, 1.807) is 24.3 Å². The second-order valence-corrected chi connectivity index (χ2v) is 9.52. The smallest absolute Gasteiger partial charge is 0.338 e. The molecule has 4 rings (SSSR count). The third-order valence-corrected chi connectivity index (χ3v) is 7.29. The SMILES string of the molecule is CCc1ccc(NC(=O)COC(=O)c2cccc(S(=O)(=O)N3CCc4ccccc43)c2)cc1. The van der Waals surface area contributed by atoms with Gasteiger partial charge in [0, 0.05) is 12.2 Å². The van der Waals surface area contributed by atoms with Crippen molar-refractivity contribution in [2.75, 3.05) is 22.8 Å². The molecule has 8 heteroatoms. The standard InChI is InChI=1S/C25H24N2O5S/c1-2-18-10-12-21(13-11-18)26-24(28)17-32-25(29)20-7-5-8-22(16-20)33(30,31)27-15-14-19-6-3-4-9-23(19)27/h3-13,16H,2,14-15,17H2,1H3,(H,26,28). The minimum absolute atomic E-state index is 0.00545. The fourth-order valence-electron chi connectivity index (χ4n) is 3.70. The van der Waals surface area contributed by atoms with Gasteiger partial charge in [0.1, 0.15) is 0 Å². The lowest BCUT2D eigenvalue weighted by Gasteiger charge is -2.19. The maximum atomic E-state index is 13.2. The summed E-state index contributed by atoms with van der Waals surface area (Å²) in [7, 11) is -3.84. The van der Waals surface area contributed by atoms with Crippen molar-refractivity contribution in [2.24, 2.45) is 0 Å². The molecule has 1 heterocycles. The predicted molar refractivity (Wildman–Crippen MR) is 126 cm³/mol. The Morgan fingerprint density at radius 3 is 2.52 bits per heavy atom. The molecule has 3 aromatic rings. The van der Waals surface area contributed by atoms with E-state index < -0.39 is 28.5 Å². The number of rotatable bonds is 7. The first-order chi connectivity index (χ1) is 15.9. The molecule has 1 amide bonds. The first-order valence-corrected chi connectivity index (χ1v) is 12.1. The summed E-state index contributed by atoms with van der Waals surface area (Å²) in [5.74, 6) is -1.25. The molecule has 0 saturated carbocycles. The van der Waals surface area contributed by atoms with E-state index in [2.05, 4.69) is 5.32 Å². The molecule has 7 nitrogen and oxygen atoms in total. The summed E-state index contributed by atoms with van der Waals surface area (Å²) in [5, 5.41) is 2.66. The van der Waals surface area contributed by atoms with Crippen LogP contribution >= 0.6 is 0 Å². The van der Waals surface area contributed by atoms with Gasteiger partial charge in [-0.15, -0.1) is 0 Å². The van der Waals surface area contributed by atoms with E-state index in [4.69, 9.17) is 4.74 Å². The molecule has 0 unspecified atom stereocenters. The van der Waals surface area contributed by atoms with E-state index in [9.17, 15) is 18.0 Å². The van der Waals surface area contributed by atoms with E-state index in [1.807, 2.05) is 31.2 Å². The molecule has 1 aliphatic heterocycles. The second-order valence-electron chi connectivity index (χ2n) is 7.66. The van der Waals surface area contributed by atoms with E-state index in [0.717, 1.165) is 17.5 Å². The molecule has 33 heavy (non-hydrogen) atoms. The number of nitrogens with one attached hydrogen (secondary N) is 1. The van der Waals surface area contributed by atoms with Gasteiger partial charge in [-0.2, -0.15) is 0 Å². The van der Waals surface area contributed by atoms with E-state index in [1.165, 1.54) is 28.6 Å². The summed E-state index contributed by atoms with van der Waals surface area (Å²) in [6.07, 6.45) is 1.53. The van der Waals surface area contributed by atoms with Crippen molar-refractivity contribution in [1.82, 2.24) is 0 Å². The van der Waals surface area contributed by atoms with Gasteiger partial charge in [0.25, 0.3) is 15.9 Å². The first kappa shape index (κ1) is 22.5. The van der Waals surface area contributed by atoms with Gasteiger partial charge in [0.15, 0.2) is 6.61 Å². The number of carbonyl (C=O) groups excluding carboxylic acids is 2. The van der Waals surface area contributed by atoms with Crippen LogP contribution in [0.15, 0.2) is 77.7 Å². The normalized spacial score (nSPS) is 12.8. The Kier molecular flexibility index (Phi) is 6.46. The number of hydrogen-bond donors (Lipinski definition) is 1. The highest BCUT2D eigenvalue weighted by Crippen LogP contribution is 2.32. The molecule has 0 spiro atoms. The number of ether oxygens (including phenoxy) is 1. The highest BCUT2D eigenvalue weighted by atomic mass is 32.2. The molecule has 3 aromatic carbocycles. The molecule has 1 N–H and O–H groups in total.